The molecule has 5 nitrogen and oxygen atoms in total. The summed E-state index contributed by atoms with van der Waals surface area (Å²) in [6.45, 7) is 5.33. The van der Waals surface area contributed by atoms with Crippen LogP contribution in [0.3, 0.4) is 0 Å². The summed E-state index contributed by atoms with van der Waals surface area (Å²) in [5.41, 5.74) is 0.918. The maximum atomic E-state index is 13.9. The Hall–Kier alpha value is -2.10. The number of halogens is 1. The maximum absolute atomic E-state index is 13.9. The van der Waals surface area contributed by atoms with Crippen molar-refractivity contribution in [3.05, 3.63) is 41.9 Å². The van der Waals surface area contributed by atoms with E-state index in [4.69, 9.17) is 10.00 Å². The van der Waals surface area contributed by atoms with Gasteiger partial charge < -0.3 is 19.9 Å². The summed E-state index contributed by atoms with van der Waals surface area (Å²) in [7, 11) is 3.93. The predicted molar refractivity (Wildman–Crippen MR) is 106 cm³/mol. The monoisotopic (exact) mass is 374 g/mol. The Bertz CT molecular complexity index is 648. The first kappa shape index (κ1) is 21.2. The minimum absolute atomic E-state index is 0.105. The van der Waals surface area contributed by atoms with Crippen molar-refractivity contribution in [2.24, 2.45) is 0 Å². The SMILES string of the molecule is C/C=C\NC(CC#N)CN1CCC(Oc2cc(F)cc(CN(C)C)c2)CC1. The number of ether oxygens (including phenoxy) is 1. The van der Waals surface area contributed by atoms with Crippen molar-refractivity contribution in [1.82, 2.24) is 15.1 Å². The van der Waals surface area contributed by atoms with E-state index in [0.29, 0.717) is 18.7 Å². The molecule has 1 aliphatic heterocycles. The molecule has 1 aromatic rings. The minimum Gasteiger partial charge on any atom is -0.490 e. The number of nitrogens with zero attached hydrogens (tertiary/aromatic N) is 3. The van der Waals surface area contributed by atoms with E-state index in [9.17, 15) is 4.39 Å². The van der Waals surface area contributed by atoms with Crippen LogP contribution in [0.15, 0.2) is 30.5 Å². The Morgan fingerprint density at radius 3 is 2.74 bits per heavy atom. The molecule has 1 unspecified atom stereocenters. The molecule has 1 aliphatic rings. The number of piperidine rings is 1. The fourth-order valence-corrected chi connectivity index (χ4v) is 3.38. The molecule has 0 radical (unpaired) electrons. The fourth-order valence-electron chi connectivity index (χ4n) is 3.38. The number of nitrogens with one attached hydrogen (secondary N) is 1. The van der Waals surface area contributed by atoms with E-state index in [1.165, 1.54) is 6.07 Å². The van der Waals surface area contributed by atoms with Crippen LogP contribution < -0.4 is 10.1 Å². The van der Waals surface area contributed by atoms with Gasteiger partial charge in [0.15, 0.2) is 0 Å². The van der Waals surface area contributed by atoms with E-state index in [0.717, 1.165) is 38.0 Å². The van der Waals surface area contributed by atoms with Gasteiger partial charge in [-0.05, 0) is 57.8 Å². The van der Waals surface area contributed by atoms with Crippen LogP contribution in [0.1, 0.15) is 31.7 Å². The van der Waals surface area contributed by atoms with Gasteiger partial charge in [0.05, 0.1) is 18.5 Å². The molecule has 2 rings (SSSR count). The molecule has 1 N–H and O–H groups in total. The normalized spacial score (nSPS) is 17.2. The van der Waals surface area contributed by atoms with E-state index in [1.54, 1.807) is 6.07 Å². The van der Waals surface area contributed by atoms with E-state index in [-0.39, 0.29) is 18.0 Å². The van der Waals surface area contributed by atoms with Crippen LogP contribution in [0.25, 0.3) is 0 Å². The highest BCUT2D eigenvalue weighted by Gasteiger charge is 2.22. The van der Waals surface area contributed by atoms with Crippen LogP contribution in [0.2, 0.25) is 0 Å². The Morgan fingerprint density at radius 1 is 1.37 bits per heavy atom. The number of nitriles is 1. The third-order valence-corrected chi connectivity index (χ3v) is 4.58. The van der Waals surface area contributed by atoms with Gasteiger partial charge in [-0.2, -0.15) is 5.26 Å². The van der Waals surface area contributed by atoms with Crippen LogP contribution >= 0.6 is 0 Å². The summed E-state index contributed by atoms with van der Waals surface area (Å²) in [6, 6.07) is 7.34. The third kappa shape index (κ3) is 7.58. The summed E-state index contributed by atoms with van der Waals surface area (Å²) >= 11 is 0. The average molecular weight is 375 g/mol. The van der Waals surface area contributed by atoms with E-state index in [1.807, 2.05) is 44.3 Å². The zero-order valence-corrected chi connectivity index (χ0v) is 16.6. The van der Waals surface area contributed by atoms with Gasteiger partial charge in [-0.3, -0.25) is 0 Å². The molecule has 0 bridgehead atoms. The maximum Gasteiger partial charge on any atom is 0.127 e. The molecule has 1 saturated heterocycles. The van der Waals surface area contributed by atoms with Gasteiger partial charge >= 0.3 is 0 Å². The molecule has 1 heterocycles. The van der Waals surface area contributed by atoms with Crippen LogP contribution in [0.5, 0.6) is 5.75 Å². The highest BCUT2D eigenvalue weighted by atomic mass is 19.1. The zero-order valence-electron chi connectivity index (χ0n) is 16.6. The average Bonchev–Trinajstić information content (AvgIpc) is 2.60. The summed E-state index contributed by atoms with van der Waals surface area (Å²) in [6.07, 6.45) is 6.23. The second-order valence-corrected chi connectivity index (χ2v) is 7.38. The molecule has 0 aromatic heterocycles. The minimum atomic E-state index is -0.254. The quantitative estimate of drug-likeness (QED) is 0.720. The van der Waals surface area contributed by atoms with Gasteiger partial charge in [0.25, 0.3) is 0 Å². The van der Waals surface area contributed by atoms with E-state index in [2.05, 4.69) is 16.3 Å². The van der Waals surface area contributed by atoms with Crippen molar-refractivity contribution < 1.29 is 9.13 Å². The van der Waals surface area contributed by atoms with Crippen LogP contribution in [-0.2, 0) is 6.54 Å². The molecule has 0 saturated carbocycles. The molecule has 1 atom stereocenters. The standard InChI is InChI=1S/C21H31FN4O/c1-4-9-24-19(5-8-23)16-26-10-6-20(7-11-26)27-21-13-17(15-25(2)3)12-18(22)14-21/h4,9,12-14,19-20,24H,5-7,10-11,15-16H2,1-3H3/b9-4-. The first-order chi connectivity index (χ1) is 13.0. The lowest BCUT2D eigenvalue weighted by molar-refractivity contribution is 0.0955. The molecule has 1 fully saturated rings. The summed E-state index contributed by atoms with van der Waals surface area (Å²) in [4.78, 5) is 4.37. The second-order valence-electron chi connectivity index (χ2n) is 7.38. The molecule has 1 aromatic carbocycles. The lowest BCUT2D eigenvalue weighted by Crippen LogP contribution is -2.44. The molecule has 27 heavy (non-hydrogen) atoms. The number of hydrogen-bond acceptors (Lipinski definition) is 5. The highest BCUT2D eigenvalue weighted by molar-refractivity contribution is 5.30. The van der Waals surface area contributed by atoms with E-state index < -0.39 is 0 Å². The van der Waals surface area contributed by atoms with Crippen LogP contribution in [0, 0.1) is 17.1 Å². The number of allylic oxidation sites excluding steroid dienone is 1. The summed E-state index contributed by atoms with van der Waals surface area (Å²) < 4.78 is 19.9. The first-order valence-corrected chi connectivity index (χ1v) is 9.57. The predicted octanol–water partition coefficient (Wildman–Crippen LogP) is 3.14. The van der Waals surface area contributed by atoms with E-state index >= 15 is 0 Å². The van der Waals surface area contributed by atoms with Crippen LogP contribution in [0.4, 0.5) is 4.39 Å². The number of benzene rings is 1. The zero-order chi connectivity index (χ0) is 19.6. The smallest absolute Gasteiger partial charge is 0.127 e. The molecule has 0 aliphatic carbocycles. The van der Waals surface area contributed by atoms with Crippen molar-refractivity contribution in [2.75, 3.05) is 33.7 Å². The third-order valence-electron chi connectivity index (χ3n) is 4.58. The molecule has 0 amide bonds. The Morgan fingerprint density at radius 2 is 2.11 bits per heavy atom. The summed E-state index contributed by atoms with van der Waals surface area (Å²) in [5.74, 6) is 0.360. The van der Waals surface area contributed by atoms with Gasteiger partial charge in [0.1, 0.15) is 17.7 Å². The largest absolute Gasteiger partial charge is 0.490 e. The number of likely N-dealkylation sites (tertiary alicyclic amines) is 1. The van der Waals surface area contributed by atoms with Gasteiger partial charge in [0.2, 0.25) is 0 Å². The van der Waals surface area contributed by atoms with Crippen LogP contribution in [-0.4, -0.2) is 55.7 Å². The van der Waals surface area contributed by atoms with Crippen molar-refractivity contribution in [1.29, 1.82) is 5.26 Å². The van der Waals surface area contributed by atoms with Crippen molar-refractivity contribution >= 4 is 0 Å². The molecule has 148 valence electrons. The van der Waals surface area contributed by atoms with Gasteiger partial charge in [-0.25, -0.2) is 4.39 Å². The number of hydrogen-bond donors (Lipinski definition) is 1. The summed E-state index contributed by atoms with van der Waals surface area (Å²) in [5, 5.41) is 12.3. The van der Waals surface area contributed by atoms with Gasteiger partial charge in [0, 0.05) is 32.2 Å². The van der Waals surface area contributed by atoms with Crippen molar-refractivity contribution in [2.45, 2.75) is 44.9 Å². The molecular formula is C21H31FN4O. The second kappa shape index (κ2) is 10.9. The van der Waals surface area contributed by atoms with Crippen molar-refractivity contribution in [3.8, 4) is 11.8 Å². The topological polar surface area (TPSA) is 51.5 Å². The van der Waals surface area contributed by atoms with Gasteiger partial charge in [-0.1, -0.05) is 6.08 Å². The molecule has 0 spiro atoms. The first-order valence-electron chi connectivity index (χ1n) is 9.57. The molecule has 6 heteroatoms. The Balaban J connectivity index is 1.85. The van der Waals surface area contributed by atoms with Gasteiger partial charge in [-0.15, -0.1) is 0 Å². The fraction of sp³-hybridized carbons (Fsp3) is 0.571. The molecular weight excluding hydrogens is 343 g/mol. The number of rotatable bonds is 9. The lowest BCUT2D eigenvalue weighted by atomic mass is 10.1. The Kier molecular flexibility index (Phi) is 8.56. The lowest BCUT2D eigenvalue weighted by Gasteiger charge is -2.34. The highest BCUT2D eigenvalue weighted by Crippen LogP contribution is 2.22. The van der Waals surface area contributed by atoms with Crippen molar-refractivity contribution in [3.63, 3.8) is 0 Å². The Labute approximate surface area is 162 Å².